The lowest BCUT2D eigenvalue weighted by molar-refractivity contribution is 0.0698. The average molecular weight is 279 g/mol. The molecule has 3 aromatic rings. The van der Waals surface area contributed by atoms with Gasteiger partial charge in [0.25, 0.3) is 0 Å². The number of anilines is 1. The number of nitrogens with zero attached hydrogens (tertiary/aromatic N) is 4. The second-order valence-corrected chi connectivity index (χ2v) is 4.38. The predicted molar refractivity (Wildman–Crippen MR) is 74.5 cm³/mol. The van der Waals surface area contributed by atoms with Crippen LogP contribution in [0.4, 0.5) is 5.95 Å². The van der Waals surface area contributed by atoms with Gasteiger partial charge < -0.3 is 10.8 Å². The molecule has 0 atom stereocenters. The number of hydrogen-bond acceptors (Lipinski definition) is 5. The van der Waals surface area contributed by atoms with Crippen molar-refractivity contribution in [2.24, 2.45) is 0 Å². The van der Waals surface area contributed by atoms with Gasteiger partial charge in [-0.05, 0) is 23.8 Å². The maximum absolute atomic E-state index is 11.4. The monoisotopic (exact) mass is 279 g/mol. The van der Waals surface area contributed by atoms with Crippen molar-refractivity contribution in [3.8, 4) is 17.2 Å². The van der Waals surface area contributed by atoms with Crippen LogP contribution in [-0.4, -0.2) is 25.7 Å². The maximum Gasteiger partial charge on any atom is 0.339 e. The van der Waals surface area contributed by atoms with Gasteiger partial charge in [-0.2, -0.15) is 10.2 Å². The molecule has 21 heavy (non-hydrogen) atoms. The Labute approximate surface area is 118 Å². The van der Waals surface area contributed by atoms with E-state index in [0.717, 1.165) is 0 Å². The number of aromatic carboxylic acids is 1. The minimum absolute atomic E-state index is 0.000394. The molecule has 0 aliphatic carbocycles. The molecule has 3 rings (SSSR count). The van der Waals surface area contributed by atoms with E-state index in [1.165, 1.54) is 10.6 Å². The lowest BCUT2D eigenvalue weighted by atomic mass is 10.0. The molecule has 0 fully saturated rings. The summed E-state index contributed by atoms with van der Waals surface area (Å²) in [4.78, 5) is 15.3. The average Bonchev–Trinajstić information content (AvgIpc) is 2.86. The van der Waals surface area contributed by atoms with Crippen LogP contribution in [0.2, 0.25) is 0 Å². The van der Waals surface area contributed by atoms with E-state index < -0.39 is 5.97 Å². The Morgan fingerprint density at radius 2 is 2.14 bits per heavy atom. The van der Waals surface area contributed by atoms with Gasteiger partial charge in [0.05, 0.1) is 11.6 Å². The van der Waals surface area contributed by atoms with E-state index in [1.54, 1.807) is 30.5 Å². The molecule has 7 heteroatoms. The summed E-state index contributed by atoms with van der Waals surface area (Å²) in [6.07, 6.45) is 1.63. The van der Waals surface area contributed by atoms with Crippen LogP contribution in [0.5, 0.6) is 0 Å². The molecule has 0 amide bonds. The van der Waals surface area contributed by atoms with E-state index in [-0.39, 0.29) is 17.2 Å². The molecular formula is C14H9N5O2. The van der Waals surface area contributed by atoms with E-state index in [0.29, 0.717) is 16.7 Å². The molecule has 0 saturated heterocycles. The fourth-order valence-electron chi connectivity index (χ4n) is 2.09. The maximum atomic E-state index is 11.4. The first kappa shape index (κ1) is 12.6. The second kappa shape index (κ2) is 4.61. The number of nitriles is 1. The molecule has 0 saturated carbocycles. The highest BCUT2D eigenvalue weighted by atomic mass is 16.4. The van der Waals surface area contributed by atoms with Crippen molar-refractivity contribution in [2.75, 3.05) is 5.73 Å². The summed E-state index contributed by atoms with van der Waals surface area (Å²) < 4.78 is 1.33. The fraction of sp³-hybridized carbons (Fsp3) is 0. The molecular weight excluding hydrogens is 270 g/mol. The number of carboxylic acid groups (broad SMARTS) is 1. The van der Waals surface area contributed by atoms with Crippen molar-refractivity contribution in [1.82, 2.24) is 14.6 Å². The summed E-state index contributed by atoms with van der Waals surface area (Å²) in [5, 5.41) is 22.2. The molecule has 0 bridgehead atoms. The molecule has 2 heterocycles. The molecule has 0 radical (unpaired) electrons. The van der Waals surface area contributed by atoms with Crippen molar-refractivity contribution in [3.63, 3.8) is 0 Å². The predicted octanol–water partition coefficient (Wildman–Crippen LogP) is 1.55. The molecule has 2 aromatic heterocycles. The van der Waals surface area contributed by atoms with Gasteiger partial charge in [-0.3, -0.25) is 0 Å². The Kier molecular flexibility index (Phi) is 2.77. The van der Waals surface area contributed by atoms with Crippen molar-refractivity contribution >= 4 is 17.6 Å². The number of rotatable bonds is 2. The summed E-state index contributed by atoms with van der Waals surface area (Å²) in [5.41, 5.74) is 7.51. The minimum atomic E-state index is -1.12. The lowest BCUT2D eigenvalue weighted by Crippen LogP contribution is -2.02. The third-order valence-corrected chi connectivity index (χ3v) is 3.01. The summed E-state index contributed by atoms with van der Waals surface area (Å²) in [6, 6.07) is 10.4. The third-order valence-electron chi connectivity index (χ3n) is 3.01. The Bertz CT molecular complexity index is 907. The number of carbonyl (C=O) groups is 1. The van der Waals surface area contributed by atoms with Crippen LogP contribution in [0.3, 0.4) is 0 Å². The van der Waals surface area contributed by atoms with Crippen molar-refractivity contribution in [3.05, 3.63) is 47.7 Å². The van der Waals surface area contributed by atoms with Gasteiger partial charge in [-0.1, -0.05) is 12.1 Å². The zero-order valence-corrected chi connectivity index (χ0v) is 10.7. The summed E-state index contributed by atoms with van der Waals surface area (Å²) >= 11 is 0. The second-order valence-electron chi connectivity index (χ2n) is 4.38. The summed E-state index contributed by atoms with van der Waals surface area (Å²) in [5.74, 6) is -1.12. The zero-order chi connectivity index (χ0) is 15.0. The summed E-state index contributed by atoms with van der Waals surface area (Å²) in [6.45, 7) is 0. The Morgan fingerprint density at radius 1 is 1.33 bits per heavy atom. The number of nitrogen functional groups attached to an aromatic ring is 1. The van der Waals surface area contributed by atoms with Gasteiger partial charge >= 0.3 is 5.97 Å². The molecule has 3 N–H and O–H groups in total. The first-order chi connectivity index (χ1) is 10.1. The normalized spacial score (nSPS) is 10.4. The van der Waals surface area contributed by atoms with E-state index in [2.05, 4.69) is 10.1 Å². The number of nitrogens with two attached hydrogens (primary N) is 1. The summed E-state index contributed by atoms with van der Waals surface area (Å²) in [7, 11) is 0. The molecule has 0 spiro atoms. The molecule has 1 aromatic carbocycles. The van der Waals surface area contributed by atoms with Crippen molar-refractivity contribution < 1.29 is 9.90 Å². The zero-order valence-electron chi connectivity index (χ0n) is 10.7. The number of benzene rings is 1. The number of hydrogen-bond donors (Lipinski definition) is 2. The SMILES string of the molecule is N#Cc1cccc(-c2cc(C(=O)O)c3nc(N)nn3c2)c1. The number of carboxylic acids is 1. The number of pyridine rings is 1. The minimum Gasteiger partial charge on any atom is -0.478 e. The Morgan fingerprint density at radius 3 is 2.86 bits per heavy atom. The van der Waals surface area contributed by atoms with Crippen LogP contribution in [0.25, 0.3) is 16.8 Å². The lowest BCUT2D eigenvalue weighted by Gasteiger charge is -2.05. The van der Waals surface area contributed by atoms with Gasteiger partial charge in [0.2, 0.25) is 5.95 Å². The van der Waals surface area contributed by atoms with Crippen LogP contribution in [-0.2, 0) is 0 Å². The quantitative estimate of drug-likeness (QED) is 0.734. The van der Waals surface area contributed by atoms with Gasteiger partial charge in [-0.25, -0.2) is 9.31 Å². The topological polar surface area (TPSA) is 117 Å². The fourth-order valence-corrected chi connectivity index (χ4v) is 2.09. The van der Waals surface area contributed by atoms with Gasteiger partial charge in [0, 0.05) is 11.8 Å². The molecule has 0 aliphatic heterocycles. The van der Waals surface area contributed by atoms with E-state index >= 15 is 0 Å². The molecule has 0 aliphatic rings. The largest absolute Gasteiger partial charge is 0.478 e. The van der Waals surface area contributed by atoms with Crippen LogP contribution >= 0.6 is 0 Å². The number of aromatic nitrogens is 3. The molecule has 0 unspecified atom stereocenters. The van der Waals surface area contributed by atoms with E-state index in [1.807, 2.05) is 6.07 Å². The van der Waals surface area contributed by atoms with Gasteiger partial charge in [0.1, 0.15) is 5.56 Å². The van der Waals surface area contributed by atoms with Crippen LogP contribution in [0, 0.1) is 11.3 Å². The smallest absolute Gasteiger partial charge is 0.339 e. The first-order valence-corrected chi connectivity index (χ1v) is 5.98. The standard InChI is InChI=1S/C14H9N5O2/c15-6-8-2-1-3-9(4-8)10-5-11(13(20)21)12-17-14(16)18-19(12)7-10/h1-5,7H,(H2,16,18)(H,20,21). The highest BCUT2D eigenvalue weighted by Crippen LogP contribution is 2.23. The Balaban J connectivity index is 2.28. The van der Waals surface area contributed by atoms with Crippen LogP contribution in [0.15, 0.2) is 36.5 Å². The van der Waals surface area contributed by atoms with Crippen LogP contribution in [0.1, 0.15) is 15.9 Å². The third kappa shape index (κ3) is 2.15. The van der Waals surface area contributed by atoms with Crippen molar-refractivity contribution in [2.45, 2.75) is 0 Å². The van der Waals surface area contributed by atoms with E-state index in [9.17, 15) is 9.90 Å². The first-order valence-electron chi connectivity index (χ1n) is 5.98. The highest BCUT2D eigenvalue weighted by molar-refractivity contribution is 5.96. The van der Waals surface area contributed by atoms with Crippen LogP contribution < -0.4 is 5.73 Å². The molecule has 102 valence electrons. The van der Waals surface area contributed by atoms with Gasteiger partial charge in [0.15, 0.2) is 5.65 Å². The Hall–Kier alpha value is -3.40. The molecule has 7 nitrogen and oxygen atoms in total. The van der Waals surface area contributed by atoms with Gasteiger partial charge in [-0.15, -0.1) is 5.10 Å². The van der Waals surface area contributed by atoms with E-state index in [4.69, 9.17) is 11.0 Å². The van der Waals surface area contributed by atoms with Crippen molar-refractivity contribution in [1.29, 1.82) is 5.26 Å². The highest BCUT2D eigenvalue weighted by Gasteiger charge is 2.15. The number of fused-ring (bicyclic) bond motifs is 1.